The summed E-state index contributed by atoms with van der Waals surface area (Å²) in [6.45, 7) is 2.65. The van der Waals surface area contributed by atoms with E-state index in [2.05, 4.69) is 15.0 Å². The van der Waals surface area contributed by atoms with Crippen molar-refractivity contribution >= 4 is 29.1 Å². The number of aliphatic imine (C=N–C) groups is 1. The Balaban J connectivity index is 1.70. The first-order valence-electron chi connectivity index (χ1n) is 9.33. The SMILES string of the molecule is COC(=O)CC(=O)Nc1ccc2c(c1)C(N1CCOCC1)=Nc1ccccc1O2. The number of morpholine rings is 1. The van der Waals surface area contributed by atoms with Crippen LogP contribution in [0.4, 0.5) is 11.4 Å². The van der Waals surface area contributed by atoms with Gasteiger partial charge in [0, 0.05) is 18.8 Å². The Morgan fingerprint density at radius 2 is 1.93 bits per heavy atom. The molecule has 8 nitrogen and oxygen atoms in total. The number of para-hydroxylation sites is 2. The quantitative estimate of drug-likeness (QED) is 0.635. The summed E-state index contributed by atoms with van der Waals surface area (Å²) >= 11 is 0. The minimum absolute atomic E-state index is 0.347. The van der Waals surface area contributed by atoms with E-state index in [4.69, 9.17) is 14.5 Å². The summed E-state index contributed by atoms with van der Waals surface area (Å²) < 4.78 is 16.1. The zero-order valence-corrected chi connectivity index (χ0v) is 16.0. The number of rotatable bonds is 3. The topological polar surface area (TPSA) is 89.5 Å². The van der Waals surface area contributed by atoms with Crippen LogP contribution in [-0.2, 0) is 19.1 Å². The fraction of sp³-hybridized carbons (Fsp3) is 0.286. The maximum Gasteiger partial charge on any atom is 0.315 e. The van der Waals surface area contributed by atoms with Gasteiger partial charge in [0.05, 0.1) is 25.9 Å². The van der Waals surface area contributed by atoms with E-state index < -0.39 is 11.9 Å². The van der Waals surface area contributed by atoms with Gasteiger partial charge in [-0.1, -0.05) is 12.1 Å². The Morgan fingerprint density at radius 1 is 1.14 bits per heavy atom. The summed E-state index contributed by atoms with van der Waals surface area (Å²) in [4.78, 5) is 30.4. The molecule has 0 atom stereocenters. The van der Waals surface area contributed by atoms with Crippen molar-refractivity contribution in [2.75, 3.05) is 38.7 Å². The molecule has 0 saturated carbocycles. The average molecular weight is 395 g/mol. The van der Waals surface area contributed by atoms with Gasteiger partial charge in [0.1, 0.15) is 23.7 Å². The molecule has 4 rings (SSSR count). The number of hydrogen-bond donors (Lipinski definition) is 1. The van der Waals surface area contributed by atoms with Crippen molar-refractivity contribution in [3.63, 3.8) is 0 Å². The Kier molecular flexibility index (Phi) is 5.44. The van der Waals surface area contributed by atoms with E-state index in [1.54, 1.807) is 12.1 Å². The number of methoxy groups -OCH3 is 1. The second-order valence-corrected chi connectivity index (χ2v) is 6.62. The largest absolute Gasteiger partial charge is 0.469 e. The second-order valence-electron chi connectivity index (χ2n) is 6.62. The number of benzene rings is 2. The predicted octanol–water partition coefficient (Wildman–Crippen LogP) is 2.70. The molecule has 2 heterocycles. The van der Waals surface area contributed by atoms with Crippen molar-refractivity contribution in [3.05, 3.63) is 48.0 Å². The van der Waals surface area contributed by atoms with Crippen LogP contribution < -0.4 is 10.1 Å². The van der Waals surface area contributed by atoms with Crippen LogP contribution in [0.3, 0.4) is 0 Å². The van der Waals surface area contributed by atoms with Crippen LogP contribution in [0.5, 0.6) is 11.5 Å². The zero-order valence-electron chi connectivity index (χ0n) is 16.0. The van der Waals surface area contributed by atoms with Crippen LogP contribution in [0.15, 0.2) is 47.5 Å². The van der Waals surface area contributed by atoms with E-state index in [0.717, 1.165) is 17.1 Å². The fourth-order valence-corrected chi connectivity index (χ4v) is 3.22. The molecule has 0 unspecified atom stereocenters. The molecule has 1 saturated heterocycles. The van der Waals surface area contributed by atoms with Crippen molar-refractivity contribution in [2.45, 2.75) is 6.42 Å². The predicted molar refractivity (Wildman–Crippen MR) is 107 cm³/mol. The van der Waals surface area contributed by atoms with Crippen molar-refractivity contribution in [2.24, 2.45) is 4.99 Å². The third kappa shape index (κ3) is 4.22. The van der Waals surface area contributed by atoms with Gasteiger partial charge in [0.15, 0.2) is 5.75 Å². The average Bonchev–Trinajstić information content (AvgIpc) is 2.90. The number of amidine groups is 1. The van der Waals surface area contributed by atoms with Gasteiger partial charge in [-0.2, -0.15) is 0 Å². The molecule has 0 radical (unpaired) electrons. The van der Waals surface area contributed by atoms with E-state index in [-0.39, 0.29) is 6.42 Å². The molecule has 2 aromatic rings. The highest BCUT2D eigenvalue weighted by Crippen LogP contribution is 2.39. The number of carbonyl (C=O) groups excluding carboxylic acids is 2. The normalized spacial score (nSPS) is 15.2. The van der Waals surface area contributed by atoms with Gasteiger partial charge < -0.3 is 24.4 Å². The summed E-state index contributed by atoms with van der Waals surface area (Å²) in [5.74, 6) is 1.04. The minimum Gasteiger partial charge on any atom is -0.469 e. The van der Waals surface area contributed by atoms with E-state index in [9.17, 15) is 9.59 Å². The van der Waals surface area contributed by atoms with Crippen LogP contribution in [0.1, 0.15) is 12.0 Å². The second kappa shape index (κ2) is 8.32. The molecule has 150 valence electrons. The highest BCUT2D eigenvalue weighted by atomic mass is 16.5. The van der Waals surface area contributed by atoms with Crippen LogP contribution >= 0.6 is 0 Å². The summed E-state index contributed by atoms with van der Waals surface area (Å²) in [5.41, 5.74) is 2.05. The summed E-state index contributed by atoms with van der Waals surface area (Å²) in [6, 6.07) is 12.9. The molecule has 1 amide bonds. The van der Waals surface area contributed by atoms with E-state index >= 15 is 0 Å². The van der Waals surface area contributed by atoms with Crippen molar-refractivity contribution < 1.29 is 23.8 Å². The molecular weight excluding hydrogens is 374 g/mol. The van der Waals surface area contributed by atoms with Gasteiger partial charge in [0.2, 0.25) is 5.91 Å². The molecule has 1 fully saturated rings. The lowest BCUT2D eigenvalue weighted by molar-refractivity contribution is -0.142. The number of esters is 1. The lowest BCUT2D eigenvalue weighted by Gasteiger charge is -2.30. The maximum atomic E-state index is 12.1. The molecule has 0 aliphatic carbocycles. The molecule has 2 aromatic carbocycles. The Bertz CT molecular complexity index is 967. The highest BCUT2D eigenvalue weighted by Gasteiger charge is 2.25. The lowest BCUT2D eigenvalue weighted by Crippen LogP contribution is -2.41. The van der Waals surface area contributed by atoms with Crippen LogP contribution in [0.25, 0.3) is 0 Å². The molecule has 8 heteroatoms. The smallest absolute Gasteiger partial charge is 0.315 e. The first kappa shape index (κ1) is 18.9. The van der Waals surface area contributed by atoms with Crippen molar-refractivity contribution in [1.29, 1.82) is 0 Å². The van der Waals surface area contributed by atoms with Crippen LogP contribution in [0, 0.1) is 0 Å². The maximum absolute atomic E-state index is 12.1. The monoisotopic (exact) mass is 395 g/mol. The fourth-order valence-electron chi connectivity index (χ4n) is 3.22. The number of anilines is 1. The van der Waals surface area contributed by atoms with Gasteiger partial charge in [-0.25, -0.2) is 4.99 Å². The van der Waals surface area contributed by atoms with Crippen molar-refractivity contribution in [1.82, 2.24) is 4.90 Å². The molecule has 29 heavy (non-hydrogen) atoms. The molecule has 2 aliphatic rings. The molecule has 2 aliphatic heterocycles. The highest BCUT2D eigenvalue weighted by molar-refractivity contribution is 6.06. The minimum atomic E-state index is -0.591. The molecule has 0 spiro atoms. The first-order valence-corrected chi connectivity index (χ1v) is 9.33. The number of ether oxygens (including phenoxy) is 3. The van der Waals surface area contributed by atoms with E-state index in [1.807, 2.05) is 30.3 Å². The van der Waals surface area contributed by atoms with Gasteiger partial charge in [-0.3, -0.25) is 9.59 Å². The number of nitrogens with zero attached hydrogens (tertiary/aromatic N) is 2. The van der Waals surface area contributed by atoms with Gasteiger partial charge in [-0.15, -0.1) is 0 Å². The van der Waals surface area contributed by atoms with E-state index in [1.165, 1.54) is 7.11 Å². The third-order valence-electron chi connectivity index (χ3n) is 4.66. The zero-order chi connectivity index (χ0) is 20.2. The Labute approximate surface area is 168 Å². The lowest BCUT2D eigenvalue weighted by atomic mass is 10.1. The Hall–Kier alpha value is -3.39. The van der Waals surface area contributed by atoms with E-state index in [0.29, 0.717) is 43.5 Å². The molecular formula is C21H21N3O5. The van der Waals surface area contributed by atoms with Crippen molar-refractivity contribution in [3.8, 4) is 11.5 Å². The summed E-state index contributed by atoms with van der Waals surface area (Å²) in [5, 5.41) is 2.73. The van der Waals surface area contributed by atoms with Crippen LogP contribution in [-0.4, -0.2) is 56.0 Å². The van der Waals surface area contributed by atoms with Gasteiger partial charge in [0.25, 0.3) is 0 Å². The summed E-state index contributed by atoms with van der Waals surface area (Å²) in [6.07, 6.45) is -0.347. The van der Waals surface area contributed by atoms with Gasteiger partial charge in [-0.05, 0) is 30.3 Å². The number of nitrogens with one attached hydrogen (secondary N) is 1. The summed E-state index contributed by atoms with van der Waals surface area (Å²) in [7, 11) is 1.25. The third-order valence-corrected chi connectivity index (χ3v) is 4.66. The van der Waals surface area contributed by atoms with Gasteiger partial charge >= 0.3 is 5.97 Å². The number of carbonyl (C=O) groups is 2. The van der Waals surface area contributed by atoms with Crippen LogP contribution in [0.2, 0.25) is 0 Å². The number of amides is 1. The molecule has 0 aromatic heterocycles. The molecule has 0 bridgehead atoms. The number of fused-ring (bicyclic) bond motifs is 2. The Morgan fingerprint density at radius 3 is 2.72 bits per heavy atom. The molecule has 1 N–H and O–H groups in total. The standard InChI is InChI=1S/C21H21N3O5/c1-27-20(26)13-19(25)22-14-6-7-17-15(12-14)21(24-8-10-28-11-9-24)23-16-4-2-3-5-18(16)29-17/h2-7,12H,8-11,13H2,1H3,(H,22,25). The first-order chi connectivity index (χ1) is 14.1. The number of hydrogen-bond acceptors (Lipinski definition) is 7.